The molecule has 1 rings (SSSR count). The van der Waals surface area contributed by atoms with Crippen molar-refractivity contribution in [1.82, 2.24) is 4.72 Å². The summed E-state index contributed by atoms with van der Waals surface area (Å²) in [6.07, 6.45) is 0.948. The average Bonchev–Trinajstić information content (AvgIpc) is 2.40. The standard InChI is InChI=1S/C14H21F2NO3S/c1-10(17-21(18,19)11(2)9-20-3)4-5-12-6-7-13(15)14(16)8-12/h6-8,10-11,17H,4-5,9H2,1-3H3/t10-,11-/m1/s1. The summed E-state index contributed by atoms with van der Waals surface area (Å²) in [7, 11) is -2.01. The molecule has 0 amide bonds. The topological polar surface area (TPSA) is 55.4 Å². The minimum atomic E-state index is -3.45. The van der Waals surface area contributed by atoms with Gasteiger partial charge >= 0.3 is 0 Å². The molecule has 21 heavy (non-hydrogen) atoms. The first kappa shape index (κ1) is 18.0. The number of methoxy groups -OCH3 is 1. The van der Waals surface area contributed by atoms with Crippen LogP contribution in [0.3, 0.4) is 0 Å². The van der Waals surface area contributed by atoms with E-state index in [1.54, 1.807) is 13.8 Å². The summed E-state index contributed by atoms with van der Waals surface area (Å²) in [4.78, 5) is 0. The first-order valence-corrected chi connectivity index (χ1v) is 8.25. The second kappa shape index (κ2) is 7.82. The Balaban J connectivity index is 2.54. The number of hydrogen-bond donors (Lipinski definition) is 1. The van der Waals surface area contributed by atoms with Crippen LogP contribution in [0.5, 0.6) is 0 Å². The van der Waals surface area contributed by atoms with E-state index in [0.29, 0.717) is 18.4 Å². The highest BCUT2D eigenvalue weighted by atomic mass is 32.2. The Morgan fingerprint density at radius 3 is 2.48 bits per heavy atom. The molecule has 120 valence electrons. The van der Waals surface area contributed by atoms with Crippen molar-refractivity contribution < 1.29 is 21.9 Å². The maximum atomic E-state index is 13.1. The van der Waals surface area contributed by atoms with Crippen LogP contribution in [0.15, 0.2) is 18.2 Å². The Kier molecular flexibility index (Phi) is 6.70. The van der Waals surface area contributed by atoms with Crippen molar-refractivity contribution in [2.24, 2.45) is 0 Å². The number of hydrogen-bond acceptors (Lipinski definition) is 3. The van der Waals surface area contributed by atoms with Crippen LogP contribution in [0.2, 0.25) is 0 Å². The highest BCUT2D eigenvalue weighted by molar-refractivity contribution is 7.90. The number of benzene rings is 1. The van der Waals surface area contributed by atoms with Crippen molar-refractivity contribution in [3.8, 4) is 0 Å². The molecule has 0 fully saturated rings. The van der Waals surface area contributed by atoms with Crippen LogP contribution in [0.25, 0.3) is 0 Å². The van der Waals surface area contributed by atoms with Crippen LogP contribution in [0, 0.1) is 11.6 Å². The second-order valence-corrected chi connectivity index (χ2v) is 7.25. The quantitative estimate of drug-likeness (QED) is 0.799. The number of aryl methyl sites for hydroxylation is 1. The molecule has 0 aliphatic rings. The van der Waals surface area contributed by atoms with Crippen LogP contribution in [-0.2, 0) is 21.2 Å². The summed E-state index contributed by atoms with van der Waals surface area (Å²) in [5.41, 5.74) is 0.630. The van der Waals surface area contributed by atoms with Gasteiger partial charge in [-0.1, -0.05) is 6.07 Å². The minimum absolute atomic E-state index is 0.116. The summed E-state index contributed by atoms with van der Waals surface area (Å²) < 4.78 is 57.1. The summed E-state index contributed by atoms with van der Waals surface area (Å²) in [6.45, 7) is 3.41. The van der Waals surface area contributed by atoms with E-state index < -0.39 is 26.9 Å². The lowest BCUT2D eigenvalue weighted by molar-refractivity contribution is 0.200. The van der Waals surface area contributed by atoms with Crippen molar-refractivity contribution in [2.75, 3.05) is 13.7 Å². The normalized spacial score (nSPS) is 14.9. The Morgan fingerprint density at radius 2 is 1.90 bits per heavy atom. The van der Waals surface area contributed by atoms with Gasteiger partial charge in [-0.15, -0.1) is 0 Å². The molecule has 0 aromatic heterocycles. The van der Waals surface area contributed by atoms with Gasteiger partial charge in [0.15, 0.2) is 11.6 Å². The lowest BCUT2D eigenvalue weighted by Crippen LogP contribution is -2.40. The summed E-state index contributed by atoms with van der Waals surface area (Å²) in [5.74, 6) is -1.78. The fourth-order valence-corrected chi connectivity index (χ4v) is 3.08. The molecule has 4 nitrogen and oxygen atoms in total. The zero-order chi connectivity index (χ0) is 16.0. The van der Waals surface area contributed by atoms with E-state index in [9.17, 15) is 17.2 Å². The maximum absolute atomic E-state index is 13.1. The molecule has 0 bridgehead atoms. The lowest BCUT2D eigenvalue weighted by Gasteiger charge is -2.18. The van der Waals surface area contributed by atoms with Crippen molar-refractivity contribution >= 4 is 10.0 Å². The Hall–Kier alpha value is -1.05. The van der Waals surface area contributed by atoms with Gasteiger partial charge in [-0.2, -0.15) is 0 Å². The van der Waals surface area contributed by atoms with Gasteiger partial charge in [-0.25, -0.2) is 21.9 Å². The SMILES string of the molecule is COC[C@@H](C)S(=O)(=O)N[C@H](C)CCc1ccc(F)c(F)c1. The molecule has 0 spiro atoms. The molecule has 0 aliphatic carbocycles. The van der Waals surface area contributed by atoms with Gasteiger partial charge in [0.25, 0.3) is 0 Å². The monoisotopic (exact) mass is 321 g/mol. The van der Waals surface area contributed by atoms with E-state index >= 15 is 0 Å². The third-order valence-corrected chi connectivity index (χ3v) is 5.07. The predicted molar refractivity (Wildman–Crippen MR) is 77.5 cm³/mol. The summed E-state index contributed by atoms with van der Waals surface area (Å²) in [5, 5.41) is -0.645. The highest BCUT2D eigenvalue weighted by Crippen LogP contribution is 2.12. The summed E-state index contributed by atoms with van der Waals surface area (Å²) >= 11 is 0. The van der Waals surface area contributed by atoms with Gasteiger partial charge in [0.1, 0.15) is 0 Å². The van der Waals surface area contributed by atoms with Gasteiger partial charge in [0.05, 0.1) is 11.9 Å². The fraction of sp³-hybridized carbons (Fsp3) is 0.571. The molecule has 0 radical (unpaired) electrons. The molecule has 0 unspecified atom stereocenters. The minimum Gasteiger partial charge on any atom is -0.383 e. The van der Waals surface area contributed by atoms with E-state index in [4.69, 9.17) is 4.74 Å². The van der Waals surface area contributed by atoms with E-state index in [-0.39, 0.29) is 12.6 Å². The predicted octanol–water partition coefficient (Wildman–Crippen LogP) is 2.24. The molecule has 0 aliphatic heterocycles. The van der Waals surface area contributed by atoms with Crippen LogP contribution in [-0.4, -0.2) is 33.4 Å². The van der Waals surface area contributed by atoms with Crippen LogP contribution in [0.4, 0.5) is 8.78 Å². The molecule has 1 aromatic carbocycles. The smallest absolute Gasteiger partial charge is 0.216 e. The van der Waals surface area contributed by atoms with Crippen LogP contribution in [0.1, 0.15) is 25.8 Å². The maximum Gasteiger partial charge on any atom is 0.216 e. The zero-order valence-corrected chi connectivity index (χ0v) is 13.2. The van der Waals surface area contributed by atoms with Gasteiger partial charge in [-0.3, -0.25) is 0 Å². The van der Waals surface area contributed by atoms with E-state index in [2.05, 4.69) is 4.72 Å². The van der Waals surface area contributed by atoms with Crippen molar-refractivity contribution in [3.05, 3.63) is 35.4 Å². The Labute approximate surface area is 124 Å². The molecule has 2 atom stereocenters. The molecule has 1 N–H and O–H groups in total. The van der Waals surface area contributed by atoms with Crippen molar-refractivity contribution in [3.63, 3.8) is 0 Å². The fourth-order valence-electron chi connectivity index (χ4n) is 1.86. The average molecular weight is 321 g/mol. The van der Waals surface area contributed by atoms with Gasteiger partial charge in [-0.05, 0) is 44.4 Å². The van der Waals surface area contributed by atoms with Crippen LogP contribution >= 0.6 is 0 Å². The first-order valence-electron chi connectivity index (χ1n) is 6.70. The molecular weight excluding hydrogens is 300 g/mol. The van der Waals surface area contributed by atoms with Gasteiger partial charge in [0, 0.05) is 13.2 Å². The lowest BCUT2D eigenvalue weighted by atomic mass is 10.1. The third kappa shape index (κ3) is 5.68. The number of rotatable bonds is 8. The van der Waals surface area contributed by atoms with E-state index in [0.717, 1.165) is 12.1 Å². The third-order valence-electron chi connectivity index (χ3n) is 3.15. The number of ether oxygens (including phenoxy) is 1. The van der Waals surface area contributed by atoms with Gasteiger partial charge in [0.2, 0.25) is 10.0 Å². The van der Waals surface area contributed by atoms with E-state index in [1.807, 2.05) is 0 Å². The molecule has 0 heterocycles. The Morgan fingerprint density at radius 1 is 1.24 bits per heavy atom. The molecule has 0 saturated heterocycles. The van der Waals surface area contributed by atoms with Crippen LogP contribution < -0.4 is 4.72 Å². The van der Waals surface area contributed by atoms with Crippen molar-refractivity contribution in [2.45, 2.75) is 38.0 Å². The van der Waals surface area contributed by atoms with Crippen molar-refractivity contribution in [1.29, 1.82) is 0 Å². The largest absolute Gasteiger partial charge is 0.383 e. The molecule has 7 heteroatoms. The first-order chi connectivity index (χ1) is 9.76. The summed E-state index contributed by atoms with van der Waals surface area (Å²) in [6, 6.07) is 3.39. The van der Waals surface area contributed by atoms with E-state index in [1.165, 1.54) is 13.2 Å². The molecular formula is C14H21F2NO3S. The van der Waals surface area contributed by atoms with Gasteiger partial charge < -0.3 is 4.74 Å². The zero-order valence-electron chi connectivity index (χ0n) is 12.4. The highest BCUT2D eigenvalue weighted by Gasteiger charge is 2.22. The number of sulfonamides is 1. The molecule has 0 saturated carbocycles. The molecule has 1 aromatic rings. The number of halogens is 2. The Bertz CT molecular complexity index is 563. The second-order valence-electron chi connectivity index (χ2n) is 5.12. The number of nitrogens with one attached hydrogen (secondary N) is 1.